The molecular formula is C16H17ClN2O2. The third-order valence-electron chi connectivity index (χ3n) is 3.36. The van der Waals surface area contributed by atoms with Crippen LogP contribution < -0.4 is 9.47 Å². The fourth-order valence-corrected chi connectivity index (χ4v) is 2.78. The highest BCUT2D eigenvalue weighted by Gasteiger charge is 2.23. The summed E-state index contributed by atoms with van der Waals surface area (Å²) in [5, 5.41) is 0.426. The van der Waals surface area contributed by atoms with Gasteiger partial charge in [-0.2, -0.15) is 0 Å². The summed E-state index contributed by atoms with van der Waals surface area (Å²) in [6.07, 6.45) is 1.08. The molecule has 0 saturated carbocycles. The molecule has 0 spiro atoms. The summed E-state index contributed by atoms with van der Waals surface area (Å²) >= 11 is 6.05. The van der Waals surface area contributed by atoms with Crippen molar-refractivity contribution in [2.24, 2.45) is 0 Å². The van der Waals surface area contributed by atoms with E-state index < -0.39 is 0 Å². The quantitative estimate of drug-likeness (QED) is 0.808. The average molecular weight is 305 g/mol. The van der Waals surface area contributed by atoms with Gasteiger partial charge in [0.05, 0.1) is 12.2 Å². The Bertz CT molecular complexity index is 668. The minimum Gasteiger partial charge on any atom is -0.493 e. The van der Waals surface area contributed by atoms with E-state index in [9.17, 15) is 0 Å². The van der Waals surface area contributed by atoms with Crippen molar-refractivity contribution in [2.75, 3.05) is 6.61 Å². The van der Waals surface area contributed by atoms with Gasteiger partial charge < -0.3 is 9.47 Å². The molecule has 110 valence electrons. The Morgan fingerprint density at radius 2 is 2.14 bits per heavy atom. The lowest BCUT2D eigenvalue weighted by atomic mass is 10.1. The van der Waals surface area contributed by atoms with Crippen LogP contribution in [0.2, 0.25) is 5.15 Å². The Hall–Kier alpha value is -1.81. The first-order valence-electron chi connectivity index (χ1n) is 7.04. The molecule has 1 atom stereocenters. The van der Waals surface area contributed by atoms with E-state index in [4.69, 9.17) is 21.1 Å². The van der Waals surface area contributed by atoms with Gasteiger partial charge in [-0.05, 0) is 39.0 Å². The second-order valence-corrected chi connectivity index (χ2v) is 5.56. The SMILES string of the molecule is CCOc1cc2c(cc1-c1nc(C)cc(Cl)n1)OC(C)C2. The van der Waals surface area contributed by atoms with Gasteiger partial charge in [-0.25, -0.2) is 9.97 Å². The third kappa shape index (κ3) is 2.81. The number of halogens is 1. The van der Waals surface area contributed by atoms with E-state index in [0.717, 1.165) is 34.7 Å². The lowest BCUT2D eigenvalue weighted by Crippen LogP contribution is -2.05. The molecule has 0 bridgehead atoms. The van der Waals surface area contributed by atoms with Crippen LogP contribution in [-0.2, 0) is 6.42 Å². The minimum atomic E-state index is 0.187. The number of nitrogens with zero attached hydrogens (tertiary/aromatic N) is 2. The third-order valence-corrected chi connectivity index (χ3v) is 3.56. The first kappa shape index (κ1) is 14.1. The van der Waals surface area contributed by atoms with E-state index >= 15 is 0 Å². The number of benzene rings is 1. The van der Waals surface area contributed by atoms with Gasteiger partial charge >= 0.3 is 0 Å². The Balaban J connectivity index is 2.14. The Kier molecular flexibility index (Phi) is 3.72. The molecule has 1 aromatic heterocycles. The normalized spacial score (nSPS) is 16.5. The van der Waals surface area contributed by atoms with Crippen LogP contribution in [0.25, 0.3) is 11.4 Å². The molecular weight excluding hydrogens is 288 g/mol. The van der Waals surface area contributed by atoms with Crippen molar-refractivity contribution in [3.63, 3.8) is 0 Å². The monoisotopic (exact) mass is 304 g/mol. The molecule has 0 aliphatic carbocycles. The maximum atomic E-state index is 6.05. The topological polar surface area (TPSA) is 44.2 Å². The first-order valence-corrected chi connectivity index (χ1v) is 7.42. The van der Waals surface area contributed by atoms with Crippen LogP contribution in [0.1, 0.15) is 25.1 Å². The van der Waals surface area contributed by atoms with Gasteiger partial charge in [0.1, 0.15) is 22.8 Å². The van der Waals surface area contributed by atoms with Crippen molar-refractivity contribution in [3.8, 4) is 22.9 Å². The van der Waals surface area contributed by atoms with Crippen LogP contribution >= 0.6 is 11.6 Å². The number of hydrogen-bond acceptors (Lipinski definition) is 4. The highest BCUT2D eigenvalue weighted by atomic mass is 35.5. The summed E-state index contributed by atoms with van der Waals surface area (Å²) in [6, 6.07) is 5.71. The van der Waals surface area contributed by atoms with Crippen molar-refractivity contribution in [1.29, 1.82) is 0 Å². The number of aromatic nitrogens is 2. The van der Waals surface area contributed by atoms with Gasteiger partial charge in [-0.3, -0.25) is 0 Å². The van der Waals surface area contributed by atoms with Gasteiger partial charge in [-0.15, -0.1) is 0 Å². The summed E-state index contributed by atoms with van der Waals surface area (Å²) in [6.45, 7) is 6.49. The smallest absolute Gasteiger partial charge is 0.164 e. The van der Waals surface area contributed by atoms with Crippen LogP contribution in [-0.4, -0.2) is 22.7 Å². The van der Waals surface area contributed by atoms with Gasteiger partial charge in [0.15, 0.2) is 5.82 Å². The number of aryl methyl sites for hydroxylation is 1. The highest BCUT2D eigenvalue weighted by molar-refractivity contribution is 6.29. The minimum absolute atomic E-state index is 0.187. The molecule has 5 heteroatoms. The number of fused-ring (bicyclic) bond motifs is 1. The molecule has 3 rings (SSSR count). The van der Waals surface area contributed by atoms with E-state index in [-0.39, 0.29) is 6.10 Å². The number of hydrogen-bond donors (Lipinski definition) is 0. The molecule has 1 aromatic carbocycles. The van der Waals surface area contributed by atoms with Crippen molar-refractivity contribution in [2.45, 2.75) is 33.3 Å². The van der Waals surface area contributed by atoms with Gasteiger partial charge in [-0.1, -0.05) is 11.6 Å². The van der Waals surface area contributed by atoms with Crippen LogP contribution in [0.15, 0.2) is 18.2 Å². The molecule has 4 nitrogen and oxygen atoms in total. The lowest BCUT2D eigenvalue weighted by molar-refractivity contribution is 0.254. The van der Waals surface area contributed by atoms with Gasteiger partial charge in [0.2, 0.25) is 0 Å². The molecule has 1 aliphatic heterocycles. The van der Waals surface area contributed by atoms with Crippen LogP contribution in [0.3, 0.4) is 0 Å². The van der Waals surface area contributed by atoms with E-state index in [1.807, 2.05) is 26.0 Å². The molecule has 1 unspecified atom stereocenters. The molecule has 0 fully saturated rings. The van der Waals surface area contributed by atoms with Crippen molar-refractivity contribution < 1.29 is 9.47 Å². The zero-order valence-corrected chi connectivity index (χ0v) is 13.1. The predicted octanol–water partition coefficient (Wildman–Crippen LogP) is 3.83. The van der Waals surface area contributed by atoms with Gasteiger partial charge in [0.25, 0.3) is 0 Å². The molecule has 1 aliphatic rings. The molecule has 2 aromatic rings. The predicted molar refractivity (Wildman–Crippen MR) is 82.2 cm³/mol. The maximum Gasteiger partial charge on any atom is 0.164 e. The molecule has 0 saturated heterocycles. The summed E-state index contributed by atoms with van der Waals surface area (Å²) in [7, 11) is 0. The zero-order chi connectivity index (χ0) is 15.0. The van der Waals surface area contributed by atoms with Crippen LogP contribution in [0.4, 0.5) is 0 Å². The first-order chi connectivity index (χ1) is 10.1. The lowest BCUT2D eigenvalue weighted by Gasteiger charge is -2.12. The second-order valence-electron chi connectivity index (χ2n) is 5.18. The zero-order valence-electron chi connectivity index (χ0n) is 12.3. The van der Waals surface area contributed by atoms with E-state index in [0.29, 0.717) is 17.6 Å². The van der Waals surface area contributed by atoms with Crippen molar-refractivity contribution in [1.82, 2.24) is 9.97 Å². The second kappa shape index (κ2) is 5.53. The molecule has 0 N–H and O–H groups in total. The van der Waals surface area contributed by atoms with E-state index in [1.54, 1.807) is 6.07 Å². The van der Waals surface area contributed by atoms with E-state index in [1.165, 1.54) is 0 Å². The number of rotatable bonds is 3. The van der Waals surface area contributed by atoms with Crippen molar-refractivity contribution >= 4 is 11.6 Å². The van der Waals surface area contributed by atoms with Gasteiger partial charge in [0, 0.05) is 17.7 Å². The fourth-order valence-electron chi connectivity index (χ4n) is 2.54. The van der Waals surface area contributed by atoms with E-state index in [2.05, 4.69) is 16.9 Å². The maximum absolute atomic E-state index is 6.05. The summed E-state index contributed by atoms with van der Waals surface area (Å²) in [4.78, 5) is 8.77. The average Bonchev–Trinajstić information content (AvgIpc) is 2.76. The van der Waals surface area contributed by atoms with Crippen molar-refractivity contribution in [3.05, 3.63) is 34.6 Å². The molecule has 0 radical (unpaired) electrons. The molecule has 2 heterocycles. The fraction of sp³-hybridized carbons (Fsp3) is 0.375. The Labute approximate surface area is 129 Å². The molecule has 0 amide bonds. The Morgan fingerprint density at radius 3 is 2.86 bits per heavy atom. The highest BCUT2D eigenvalue weighted by Crippen LogP contribution is 2.39. The summed E-state index contributed by atoms with van der Waals surface area (Å²) in [5.74, 6) is 2.22. The van der Waals surface area contributed by atoms with Crippen LogP contribution in [0, 0.1) is 6.92 Å². The largest absolute Gasteiger partial charge is 0.493 e. The molecule has 21 heavy (non-hydrogen) atoms. The van der Waals surface area contributed by atoms with Crippen LogP contribution in [0.5, 0.6) is 11.5 Å². The summed E-state index contributed by atoms with van der Waals surface area (Å²) < 4.78 is 11.6. The Morgan fingerprint density at radius 1 is 1.33 bits per heavy atom. The summed E-state index contributed by atoms with van der Waals surface area (Å²) in [5.41, 5.74) is 2.80. The standard InChI is InChI=1S/C16H17ClN2O2/c1-4-20-14-7-11-6-10(3)21-13(11)8-12(14)16-18-9(2)5-15(17)19-16/h5,7-8,10H,4,6H2,1-3H3. The number of ether oxygens (including phenoxy) is 2.